The molecule has 0 spiro atoms. The molecule has 24 heavy (non-hydrogen) atoms. The summed E-state index contributed by atoms with van der Waals surface area (Å²) >= 11 is 0. The van der Waals surface area contributed by atoms with Gasteiger partial charge in [0.2, 0.25) is 5.91 Å². The first-order valence-corrected chi connectivity index (χ1v) is 8.73. The summed E-state index contributed by atoms with van der Waals surface area (Å²) in [6, 6.07) is 0.395. The van der Waals surface area contributed by atoms with E-state index < -0.39 is 0 Å². The Bertz CT molecular complexity index is 613. The minimum absolute atomic E-state index is 0.0143. The fourth-order valence-electron chi connectivity index (χ4n) is 3.01. The molecule has 1 aliphatic carbocycles. The van der Waals surface area contributed by atoms with Gasteiger partial charge in [-0.05, 0) is 19.8 Å². The third-order valence-corrected chi connectivity index (χ3v) is 4.60. The van der Waals surface area contributed by atoms with Crippen molar-refractivity contribution in [2.75, 3.05) is 32.7 Å². The van der Waals surface area contributed by atoms with Crippen LogP contribution in [0.25, 0.3) is 0 Å². The first kappa shape index (κ1) is 17.0. The van der Waals surface area contributed by atoms with E-state index in [1.165, 1.54) is 0 Å². The molecule has 2 amide bonds. The molecule has 2 heterocycles. The SMILES string of the molecule is Cc1noc(C(C)C)c1C(=O)N1CCN(CC(=O)NC2CC2)CC1. The lowest BCUT2D eigenvalue weighted by Crippen LogP contribution is -2.51. The van der Waals surface area contributed by atoms with E-state index in [0.717, 1.165) is 12.8 Å². The van der Waals surface area contributed by atoms with Crippen molar-refractivity contribution in [2.45, 2.75) is 45.6 Å². The third-order valence-electron chi connectivity index (χ3n) is 4.60. The Hall–Kier alpha value is -1.89. The van der Waals surface area contributed by atoms with Crippen LogP contribution in [0.15, 0.2) is 4.52 Å². The number of carbonyl (C=O) groups is 2. The molecular formula is C17H26N4O3. The summed E-state index contributed by atoms with van der Waals surface area (Å²) in [6.45, 7) is 8.88. The number of nitrogens with zero attached hydrogens (tertiary/aromatic N) is 3. The van der Waals surface area contributed by atoms with Gasteiger partial charge in [-0.1, -0.05) is 19.0 Å². The average Bonchev–Trinajstić information content (AvgIpc) is 3.26. The molecule has 7 heteroatoms. The van der Waals surface area contributed by atoms with Gasteiger partial charge in [0.1, 0.15) is 5.56 Å². The van der Waals surface area contributed by atoms with Gasteiger partial charge in [0.25, 0.3) is 5.91 Å². The molecule has 1 aliphatic heterocycles. The fourth-order valence-corrected chi connectivity index (χ4v) is 3.01. The highest BCUT2D eigenvalue weighted by Gasteiger charge is 2.30. The summed E-state index contributed by atoms with van der Waals surface area (Å²) in [7, 11) is 0. The molecule has 132 valence electrons. The molecule has 0 bridgehead atoms. The molecule has 0 aromatic carbocycles. The second-order valence-corrected chi connectivity index (χ2v) is 7.07. The monoisotopic (exact) mass is 334 g/mol. The van der Waals surface area contributed by atoms with E-state index >= 15 is 0 Å². The molecule has 0 radical (unpaired) electrons. The van der Waals surface area contributed by atoms with Crippen molar-refractivity contribution in [3.63, 3.8) is 0 Å². The van der Waals surface area contributed by atoms with Crippen molar-refractivity contribution in [3.8, 4) is 0 Å². The minimum atomic E-state index is -0.0143. The van der Waals surface area contributed by atoms with Crippen LogP contribution in [0.4, 0.5) is 0 Å². The topological polar surface area (TPSA) is 78.7 Å². The molecule has 1 N–H and O–H groups in total. The van der Waals surface area contributed by atoms with Crippen LogP contribution >= 0.6 is 0 Å². The Morgan fingerprint density at radius 3 is 2.50 bits per heavy atom. The van der Waals surface area contributed by atoms with Crippen LogP contribution in [-0.4, -0.2) is 65.5 Å². The Morgan fingerprint density at radius 2 is 1.92 bits per heavy atom. The highest BCUT2D eigenvalue weighted by molar-refractivity contribution is 5.96. The van der Waals surface area contributed by atoms with Gasteiger partial charge < -0.3 is 14.7 Å². The summed E-state index contributed by atoms with van der Waals surface area (Å²) < 4.78 is 5.32. The van der Waals surface area contributed by atoms with Gasteiger partial charge in [-0.15, -0.1) is 0 Å². The van der Waals surface area contributed by atoms with E-state index in [1.807, 2.05) is 18.7 Å². The third kappa shape index (κ3) is 3.77. The van der Waals surface area contributed by atoms with Crippen molar-refractivity contribution < 1.29 is 14.1 Å². The van der Waals surface area contributed by atoms with Gasteiger partial charge in [0, 0.05) is 38.1 Å². The lowest BCUT2D eigenvalue weighted by Gasteiger charge is -2.34. The molecule has 2 aliphatic rings. The number of aromatic nitrogens is 1. The molecule has 1 aromatic rings. The first-order valence-electron chi connectivity index (χ1n) is 8.73. The van der Waals surface area contributed by atoms with Gasteiger partial charge in [-0.3, -0.25) is 14.5 Å². The quantitative estimate of drug-likeness (QED) is 0.874. The molecule has 2 fully saturated rings. The Balaban J connectivity index is 1.55. The van der Waals surface area contributed by atoms with Crippen molar-refractivity contribution in [2.24, 2.45) is 0 Å². The van der Waals surface area contributed by atoms with E-state index in [9.17, 15) is 9.59 Å². The van der Waals surface area contributed by atoms with Crippen LogP contribution in [0.3, 0.4) is 0 Å². The molecule has 3 rings (SSSR count). The minimum Gasteiger partial charge on any atom is -0.360 e. The lowest BCUT2D eigenvalue weighted by atomic mass is 10.0. The van der Waals surface area contributed by atoms with Gasteiger partial charge in [-0.2, -0.15) is 0 Å². The molecule has 0 unspecified atom stereocenters. The number of nitrogens with one attached hydrogen (secondary N) is 1. The van der Waals surface area contributed by atoms with E-state index in [1.54, 1.807) is 6.92 Å². The van der Waals surface area contributed by atoms with Gasteiger partial charge >= 0.3 is 0 Å². The van der Waals surface area contributed by atoms with Crippen LogP contribution in [0.1, 0.15) is 54.4 Å². The summed E-state index contributed by atoms with van der Waals surface area (Å²) in [5, 5.41) is 6.96. The Labute approximate surface area is 142 Å². The fraction of sp³-hybridized carbons (Fsp3) is 0.706. The van der Waals surface area contributed by atoms with Crippen molar-refractivity contribution in [3.05, 3.63) is 17.0 Å². The number of hydrogen-bond acceptors (Lipinski definition) is 5. The smallest absolute Gasteiger partial charge is 0.259 e. The first-order chi connectivity index (χ1) is 11.5. The molecule has 7 nitrogen and oxygen atoms in total. The highest BCUT2D eigenvalue weighted by Crippen LogP contribution is 2.24. The predicted molar refractivity (Wildman–Crippen MR) is 88.8 cm³/mol. The average molecular weight is 334 g/mol. The van der Waals surface area contributed by atoms with Crippen LogP contribution in [0.2, 0.25) is 0 Å². The normalized spacial score (nSPS) is 18.9. The molecule has 1 aromatic heterocycles. The van der Waals surface area contributed by atoms with Crippen LogP contribution in [-0.2, 0) is 4.79 Å². The zero-order valence-corrected chi connectivity index (χ0v) is 14.7. The second-order valence-electron chi connectivity index (χ2n) is 7.07. The number of hydrogen-bond donors (Lipinski definition) is 1. The van der Waals surface area contributed by atoms with Crippen molar-refractivity contribution in [1.82, 2.24) is 20.3 Å². The largest absolute Gasteiger partial charge is 0.360 e. The van der Waals surface area contributed by atoms with Crippen LogP contribution in [0, 0.1) is 6.92 Å². The number of rotatable bonds is 5. The van der Waals surface area contributed by atoms with Gasteiger partial charge in [0.05, 0.1) is 12.2 Å². The maximum atomic E-state index is 12.8. The van der Waals surface area contributed by atoms with Gasteiger partial charge in [-0.25, -0.2) is 0 Å². The van der Waals surface area contributed by atoms with Crippen LogP contribution in [0.5, 0.6) is 0 Å². The zero-order chi connectivity index (χ0) is 17.3. The summed E-state index contributed by atoms with van der Waals surface area (Å²) in [5.74, 6) is 0.857. The summed E-state index contributed by atoms with van der Waals surface area (Å²) in [6.07, 6.45) is 2.20. The zero-order valence-electron chi connectivity index (χ0n) is 14.7. The molecule has 0 atom stereocenters. The highest BCUT2D eigenvalue weighted by atomic mass is 16.5. The molecule has 1 saturated carbocycles. The van der Waals surface area contributed by atoms with Gasteiger partial charge in [0.15, 0.2) is 5.76 Å². The van der Waals surface area contributed by atoms with E-state index in [0.29, 0.717) is 55.8 Å². The number of amides is 2. The van der Waals surface area contributed by atoms with Crippen molar-refractivity contribution >= 4 is 11.8 Å². The van der Waals surface area contributed by atoms with Crippen molar-refractivity contribution in [1.29, 1.82) is 0 Å². The van der Waals surface area contributed by atoms with E-state index in [2.05, 4.69) is 15.4 Å². The molecular weight excluding hydrogens is 308 g/mol. The maximum absolute atomic E-state index is 12.8. The van der Waals surface area contributed by atoms with Crippen LogP contribution < -0.4 is 5.32 Å². The standard InChI is InChI=1S/C17H26N4O3/c1-11(2)16-15(12(3)19-24-16)17(23)21-8-6-20(7-9-21)10-14(22)18-13-4-5-13/h11,13H,4-10H2,1-3H3,(H,18,22). The summed E-state index contributed by atoms with van der Waals surface area (Å²) in [5.41, 5.74) is 1.25. The Morgan fingerprint density at radius 1 is 1.25 bits per heavy atom. The lowest BCUT2D eigenvalue weighted by molar-refractivity contribution is -0.122. The maximum Gasteiger partial charge on any atom is 0.259 e. The second kappa shape index (κ2) is 6.93. The number of piperazine rings is 1. The number of aryl methyl sites for hydroxylation is 1. The Kier molecular flexibility index (Phi) is 4.89. The predicted octanol–water partition coefficient (Wildman–Crippen LogP) is 1.14. The number of carbonyl (C=O) groups excluding carboxylic acids is 2. The summed E-state index contributed by atoms with van der Waals surface area (Å²) in [4.78, 5) is 28.6. The molecule has 1 saturated heterocycles. The van der Waals surface area contributed by atoms with E-state index in [4.69, 9.17) is 4.52 Å². The van der Waals surface area contributed by atoms with E-state index in [-0.39, 0.29) is 17.7 Å².